The van der Waals surface area contributed by atoms with Gasteiger partial charge in [-0.2, -0.15) is 0 Å². The number of benzene rings is 3. The molecule has 1 aliphatic rings. The van der Waals surface area contributed by atoms with Gasteiger partial charge in [0.15, 0.2) is 11.5 Å². The van der Waals surface area contributed by atoms with Crippen molar-refractivity contribution >= 4 is 73.1 Å². The third-order valence-electron chi connectivity index (χ3n) is 5.05. The quantitative estimate of drug-likeness (QED) is 0.265. The first-order valence-electron chi connectivity index (χ1n) is 10.2. The Balaban J connectivity index is 1.63. The summed E-state index contributed by atoms with van der Waals surface area (Å²) in [5, 5.41) is 2.64. The van der Waals surface area contributed by atoms with E-state index in [9.17, 15) is 14.4 Å². The van der Waals surface area contributed by atoms with E-state index in [-0.39, 0.29) is 11.3 Å². The molecule has 0 unspecified atom stereocenters. The van der Waals surface area contributed by atoms with Gasteiger partial charge in [0.25, 0.3) is 11.8 Å². The van der Waals surface area contributed by atoms with Crippen molar-refractivity contribution < 1.29 is 23.9 Å². The number of ether oxygens (including phenoxy) is 2. The Morgan fingerprint density at radius 3 is 2.34 bits per heavy atom. The highest BCUT2D eigenvalue weighted by molar-refractivity contribution is 9.10. The first kappa shape index (κ1) is 25.0. The molecular weight excluding hydrogens is 604 g/mol. The highest BCUT2D eigenvalue weighted by atomic mass is 79.9. The van der Waals surface area contributed by atoms with Crippen LogP contribution in [0.25, 0.3) is 6.08 Å². The van der Waals surface area contributed by atoms with E-state index in [1.165, 1.54) is 25.3 Å². The molecule has 35 heavy (non-hydrogen) atoms. The molecule has 0 bridgehead atoms. The zero-order valence-electron chi connectivity index (χ0n) is 18.2. The Bertz CT molecular complexity index is 1340. The molecule has 1 N–H and O–H groups in total. The van der Waals surface area contributed by atoms with E-state index >= 15 is 0 Å². The number of nitrogens with zero attached hydrogens (tertiary/aromatic N) is 1. The second kappa shape index (κ2) is 10.6. The molecule has 0 saturated carbocycles. The molecule has 3 aromatic carbocycles. The highest BCUT2D eigenvalue weighted by Crippen LogP contribution is 2.38. The summed E-state index contributed by atoms with van der Waals surface area (Å²) in [6.07, 6.45) is 1.39. The molecule has 0 spiro atoms. The standard InChI is InChI=1S/C25H17Br2ClN2O5/c1-34-21-12-15(11-20(27)22(21)35-13-14-2-4-16(26)5-3-14)10-19-23(31)29-25(33)30(24(19)32)18-8-6-17(28)7-9-18/h2-12H,13H2,1H3,(H,29,31,33)/b19-10+. The Morgan fingerprint density at radius 1 is 1.00 bits per heavy atom. The van der Waals surface area contributed by atoms with Gasteiger partial charge in [0.05, 0.1) is 17.3 Å². The number of rotatable bonds is 6. The van der Waals surface area contributed by atoms with Crippen molar-refractivity contribution in [1.29, 1.82) is 0 Å². The van der Waals surface area contributed by atoms with E-state index in [2.05, 4.69) is 37.2 Å². The second-order valence-electron chi connectivity index (χ2n) is 7.38. The van der Waals surface area contributed by atoms with Gasteiger partial charge in [-0.15, -0.1) is 0 Å². The molecule has 0 aromatic heterocycles. The van der Waals surface area contributed by atoms with E-state index in [0.29, 0.717) is 33.2 Å². The van der Waals surface area contributed by atoms with Gasteiger partial charge in [-0.25, -0.2) is 9.69 Å². The van der Waals surface area contributed by atoms with Crippen LogP contribution in [0.3, 0.4) is 0 Å². The van der Waals surface area contributed by atoms with E-state index in [0.717, 1.165) is 14.9 Å². The van der Waals surface area contributed by atoms with Crippen LogP contribution in [0.2, 0.25) is 5.02 Å². The third-order valence-corrected chi connectivity index (χ3v) is 6.42. The Morgan fingerprint density at radius 2 is 1.69 bits per heavy atom. The average Bonchev–Trinajstić information content (AvgIpc) is 2.83. The van der Waals surface area contributed by atoms with Crippen molar-refractivity contribution in [2.75, 3.05) is 12.0 Å². The zero-order chi connectivity index (χ0) is 25.1. The van der Waals surface area contributed by atoms with Gasteiger partial charge < -0.3 is 9.47 Å². The van der Waals surface area contributed by atoms with E-state index in [1.807, 2.05) is 24.3 Å². The molecule has 0 aliphatic carbocycles. The fraction of sp³-hybridized carbons (Fsp3) is 0.0800. The molecule has 10 heteroatoms. The summed E-state index contributed by atoms with van der Waals surface area (Å²) in [5.74, 6) is -0.685. The number of nitrogens with one attached hydrogen (secondary N) is 1. The number of methoxy groups -OCH3 is 1. The van der Waals surface area contributed by atoms with Crippen LogP contribution in [0.15, 0.2) is 75.2 Å². The van der Waals surface area contributed by atoms with E-state index < -0.39 is 17.8 Å². The third kappa shape index (κ3) is 5.58. The van der Waals surface area contributed by atoms with Crippen LogP contribution in [-0.2, 0) is 16.2 Å². The molecule has 1 aliphatic heterocycles. The summed E-state index contributed by atoms with van der Waals surface area (Å²) in [7, 11) is 1.49. The topological polar surface area (TPSA) is 84.9 Å². The number of barbiturate groups is 1. The molecule has 0 radical (unpaired) electrons. The lowest BCUT2D eigenvalue weighted by atomic mass is 10.1. The minimum atomic E-state index is -0.838. The molecule has 3 aromatic rings. The minimum Gasteiger partial charge on any atom is -0.493 e. The number of urea groups is 1. The van der Waals surface area contributed by atoms with Gasteiger partial charge in [0.1, 0.15) is 12.2 Å². The molecular formula is C25H17Br2ClN2O5. The van der Waals surface area contributed by atoms with Crippen LogP contribution in [0, 0.1) is 0 Å². The van der Waals surface area contributed by atoms with Crippen molar-refractivity contribution in [3.05, 3.63) is 91.3 Å². The molecule has 4 rings (SSSR count). The second-order valence-corrected chi connectivity index (χ2v) is 9.59. The predicted molar refractivity (Wildman–Crippen MR) is 140 cm³/mol. The lowest BCUT2D eigenvalue weighted by molar-refractivity contribution is -0.122. The number of hydrogen-bond acceptors (Lipinski definition) is 5. The fourth-order valence-electron chi connectivity index (χ4n) is 3.35. The lowest BCUT2D eigenvalue weighted by Gasteiger charge is -2.26. The average molecular weight is 621 g/mol. The predicted octanol–water partition coefficient (Wildman–Crippen LogP) is 6.12. The SMILES string of the molecule is COc1cc(/C=C2\C(=O)NC(=O)N(c3ccc(Cl)cc3)C2=O)cc(Br)c1OCc1ccc(Br)cc1. The van der Waals surface area contributed by atoms with Crippen molar-refractivity contribution in [2.45, 2.75) is 6.61 Å². The lowest BCUT2D eigenvalue weighted by Crippen LogP contribution is -2.54. The molecule has 1 heterocycles. The summed E-state index contributed by atoms with van der Waals surface area (Å²) in [5.41, 5.74) is 1.53. The van der Waals surface area contributed by atoms with Crippen LogP contribution < -0.4 is 19.7 Å². The number of anilines is 1. The summed E-state index contributed by atoms with van der Waals surface area (Å²) < 4.78 is 13.0. The minimum absolute atomic E-state index is 0.211. The summed E-state index contributed by atoms with van der Waals surface area (Å²) in [6, 6.07) is 16.3. The van der Waals surface area contributed by atoms with Crippen LogP contribution >= 0.6 is 43.5 Å². The van der Waals surface area contributed by atoms with Gasteiger partial charge in [0.2, 0.25) is 0 Å². The summed E-state index contributed by atoms with van der Waals surface area (Å²) >= 11 is 12.8. The molecule has 0 atom stereocenters. The Kier molecular flexibility index (Phi) is 7.59. The molecule has 1 fully saturated rings. The van der Waals surface area contributed by atoms with Crippen molar-refractivity contribution in [2.24, 2.45) is 0 Å². The van der Waals surface area contributed by atoms with Gasteiger partial charge in [-0.05, 0) is 81.7 Å². The van der Waals surface area contributed by atoms with Crippen molar-refractivity contribution in [3.63, 3.8) is 0 Å². The number of halogens is 3. The molecule has 7 nitrogen and oxygen atoms in total. The maximum atomic E-state index is 13.1. The largest absolute Gasteiger partial charge is 0.493 e. The van der Waals surface area contributed by atoms with Crippen LogP contribution in [0.5, 0.6) is 11.5 Å². The molecule has 4 amide bonds. The van der Waals surface area contributed by atoms with Gasteiger partial charge in [-0.3, -0.25) is 14.9 Å². The van der Waals surface area contributed by atoms with Crippen LogP contribution in [0.1, 0.15) is 11.1 Å². The molecule has 1 saturated heterocycles. The number of hydrogen-bond donors (Lipinski definition) is 1. The first-order chi connectivity index (χ1) is 16.8. The van der Waals surface area contributed by atoms with E-state index in [4.69, 9.17) is 21.1 Å². The highest BCUT2D eigenvalue weighted by Gasteiger charge is 2.36. The Hall–Kier alpha value is -3.14. The fourth-order valence-corrected chi connectivity index (χ4v) is 4.31. The first-order valence-corrected chi connectivity index (χ1v) is 12.1. The van der Waals surface area contributed by atoms with Gasteiger partial charge in [-0.1, -0.05) is 39.7 Å². The van der Waals surface area contributed by atoms with Gasteiger partial charge in [0, 0.05) is 9.50 Å². The number of carbonyl (C=O) groups excluding carboxylic acids is 3. The van der Waals surface area contributed by atoms with E-state index in [1.54, 1.807) is 24.3 Å². The van der Waals surface area contributed by atoms with Crippen molar-refractivity contribution in [1.82, 2.24) is 5.32 Å². The van der Waals surface area contributed by atoms with Crippen molar-refractivity contribution in [3.8, 4) is 11.5 Å². The zero-order valence-corrected chi connectivity index (χ0v) is 22.1. The summed E-state index contributed by atoms with van der Waals surface area (Å²) in [4.78, 5) is 38.8. The normalized spacial score (nSPS) is 14.8. The maximum Gasteiger partial charge on any atom is 0.335 e. The Labute approximate surface area is 222 Å². The van der Waals surface area contributed by atoms with Crippen LogP contribution in [-0.4, -0.2) is 25.0 Å². The molecule has 178 valence electrons. The van der Waals surface area contributed by atoms with Gasteiger partial charge >= 0.3 is 6.03 Å². The number of carbonyl (C=O) groups is 3. The number of imide groups is 2. The van der Waals surface area contributed by atoms with Crippen LogP contribution in [0.4, 0.5) is 10.5 Å². The maximum absolute atomic E-state index is 13.1. The smallest absolute Gasteiger partial charge is 0.335 e. The summed E-state index contributed by atoms with van der Waals surface area (Å²) in [6.45, 7) is 0.307. The monoisotopic (exact) mass is 618 g/mol. The number of amides is 4.